The van der Waals surface area contributed by atoms with E-state index >= 15 is 0 Å². The maximum Gasteiger partial charge on any atom is 0.251 e. The summed E-state index contributed by atoms with van der Waals surface area (Å²) in [7, 11) is -3.11. The number of hydrogen-bond acceptors (Lipinski definition) is 6. The molecule has 1 fully saturated rings. The fraction of sp³-hybridized carbons (Fsp3) is 0.450. The fourth-order valence-corrected chi connectivity index (χ4v) is 5.88. The summed E-state index contributed by atoms with van der Waals surface area (Å²) in [4.78, 5) is 33.5. The molecule has 1 atom stereocenters. The molecule has 1 aliphatic rings. The quantitative estimate of drug-likeness (QED) is 0.503. The molecule has 3 rings (SSSR count). The summed E-state index contributed by atoms with van der Waals surface area (Å²) >= 11 is 1.17. The highest BCUT2D eigenvalue weighted by atomic mass is 32.2. The number of benzene rings is 1. The molecule has 1 saturated heterocycles. The summed E-state index contributed by atoms with van der Waals surface area (Å²) in [5, 5.41) is 0.410. The zero-order chi connectivity index (χ0) is 20.9. The predicted octanol–water partition coefficient (Wildman–Crippen LogP) is 2.03. The Morgan fingerprint density at radius 1 is 1.31 bits per heavy atom. The molecular weight excluding hydrogens is 410 g/mol. The molecule has 1 aromatic heterocycles. The van der Waals surface area contributed by atoms with Crippen LogP contribution in [-0.2, 0) is 27.6 Å². The van der Waals surface area contributed by atoms with Crippen LogP contribution in [0.2, 0.25) is 0 Å². The Labute approximate surface area is 174 Å². The second kappa shape index (κ2) is 9.58. The number of sulfone groups is 1. The molecule has 0 radical (unpaired) electrons. The van der Waals surface area contributed by atoms with Crippen LogP contribution in [0.15, 0.2) is 46.3 Å². The maximum atomic E-state index is 13.0. The molecular formula is C20H25N3O4S2. The van der Waals surface area contributed by atoms with Crippen LogP contribution in [0.1, 0.15) is 31.0 Å². The number of nitrogens with one attached hydrogen (secondary N) is 1. The second-order valence-corrected chi connectivity index (χ2v) is 10.3. The Bertz CT molecular complexity index is 1010. The van der Waals surface area contributed by atoms with E-state index in [2.05, 4.69) is 9.97 Å². The van der Waals surface area contributed by atoms with Gasteiger partial charge in [-0.3, -0.25) is 9.59 Å². The Morgan fingerprint density at radius 3 is 2.72 bits per heavy atom. The molecule has 7 nitrogen and oxygen atoms in total. The van der Waals surface area contributed by atoms with Gasteiger partial charge >= 0.3 is 0 Å². The van der Waals surface area contributed by atoms with Gasteiger partial charge in [0.05, 0.1) is 17.3 Å². The lowest BCUT2D eigenvalue weighted by atomic mass is 10.1. The van der Waals surface area contributed by atoms with E-state index in [1.54, 1.807) is 4.90 Å². The van der Waals surface area contributed by atoms with Gasteiger partial charge < -0.3 is 9.88 Å². The van der Waals surface area contributed by atoms with Crippen LogP contribution in [0.25, 0.3) is 0 Å². The van der Waals surface area contributed by atoms with Crippen molar-refractivity contribution in [3.8, 4) is 0 Å². The Kier molecular flexibility index (Phi) is 7.13. The number of aromatic amines is 1. The van der Waals surface area contributed by atoms with Gasteiger partial charge in [-0.25, -0.2) is 13.4 Å². The monoisotopic (exact) mass is 435 g/mol. The van der Waals surface area contributed by atoms with E-state index < -0.39 is 9.84 Å². The summed E-state index contributed by atoms with van der Waals surface area (Å²) in [6.07, 6.45) is 2.03. The van der Waals surface area contributed by atoms with Gasteiger partial charge in [0.2, 0.25) is 5.91 Å². The van der Waals surface area contributed by atoms with Gasteiger partial charge in [0.15, 0.2) is 15.0 Å². The number of hydrogen-bond donors (Lipinski definition) is 1. The third kappa shape index (κ3) is 6.17. The van der Waals surface area contributed by atoms with Crippen molar-refractivity contribution in [1.82, 2.24) is 14.9 Å². The van der Waals surface area contributed by atoms with E-state index in [-0.39, 0.29) is 34.8 Å². The highest BCUT2D eigenvalue weighted by molar-refractivity contribution is 7.99. The molecule has 1 aliphatic heterocycles. The van der Waals surface area contributed by atoms with Gasteiger partial charge in [0.1, 0.15) is 0 Å². The normalized spacial score (nSPS) is 17.9. The topological polar surface area (TPSA) is 100 Å². The molecule has 1 amide bonds. The smallest absolute Gasteiger partial charge is 0.251 e. The van der Waals surface area contributed by atoms with Crippen molar-refractivity contribution < 1.29 is 13.2 Å². The first-order valence-electron chi connectivity index (χ1n) is 9.63. The van der Waals surface area contributed by atoms with Crippen LogP contribution >= 0.6 is 11.8 Å². The average Bonchev–Trinajstić information content (AvgIpc) is 3.04. The maximum absolute atomic E-state index is 13.0. The van der Waals surface area contributed by atoms with Crippen LogP contribution in [0.5, 0.6) is 0 Å². The van der Waals surface area contributed by atoms with Gasteiger partial charge in [-0.1, -0.05) is 55.4 Å². The number of carbonyl (C=O) groups excluding carboxylic acids is 1. The van der Waals surface area contributed by atoms with E-state index in [0.29, 0.717) is 30.2 Å². The Balaban J connectivity index is 1.73. The van der Waals surface area contributed by atoms with E-state index in [1.807, 2.05) is 37.3 Å². The number of thioether (sulfide) groups is 1. The summed E-state index contributed by atoms with van der Waals surface area (Å²) in [6.45, 7) is 2.37. The number of nitrogens with zero attached hydrogens (tertiary/aromatic N) is 2. The van der Waals surface area contributed by atoms with E-state index in [4.69, 9.17) is 0 Å². The molecule has 0 unspecified atom stereocenters. The Hall–Kier alpha value is -2.13. The van der Waals surface area contributed by atoms with Crippen molar-refractivity contribution in [2.45, 2.75) is 43.9 Å². The molecule has 0 saturated carbocycles. The number of aromatic nitrogens is 2. The van der Waals surface area contributed by atoms with Crippen LogP contribution in [0, 0.1) is 0 Å². The highest BCUT2D eigenvalue weighted by Gasteiger charge is 2.34. The number of rotatable bonds is 8. The minimum absolute atomic E-state index is 0.00267. The number of amides is 1. The van der Waals surface area contributed by atoms with Crippen molar-refractivity contribution in [2.24, 2.45) is 0 Å². The average molecular weight is 436 g/mol. The van der Waals surface area contributed by atoms with Crippen molar-refractivity contribution in [3.63, 3.8) is 0 Å². The molecule has 2 heterocycles. The molecule has 9 heteroatoms. The lowest BCUT2D eigenvalue weighted by Crippen LogP contribution is -2.41. The van der Waals surface area contributed by atoms with Crippen LogP contribution in [0.4, 0.5) is 0 Å². The first kappa shape index (κ1) is 21.6. The van der Waals surface area contributed by atoms with Gasteiger partial charge in [0, 0.05) is 24.3 Å². The van der Waals surface area contributed by atoms with Crippen molar-refractivity contribution in [1.29, 1.82) is 0 Å². The van der Waals surface area contributed by atoms with Crippen molar-refractivity contribution >= 4 is 27.5 Å². The standard InChI is InChI=1S/C20H25N3O4S2/c1-2-6-16-11-18(24)22-20(21-16)28-13-19(25)23(12-15-7-4-3-5-8-15)17-9-10-29(26,27)14-17/h3-5,7-8,11,17H,2,6,9-10,12-14H2,1H3,(H,21,22,24)/t17-/m0/s1. The largest absolute Gasteiger partial charge is 0.334 e. The summed E-state index contributed by atoms with van der Waals surface area (Å²) in [5.74, 6) is 0.0285. The molecule has 29 heavy (non-hydrogen) atoms. The predicted molar refractivity (Wildman–Crippen MR) is 114 cm³/mol. The molecule has 2 aromatic rings. The first-order chi connectivity index (χ1) is 13.9. The number of carbonyl (C=O) groups is 1. The Morgan fingerprint density at radius 2 is 2.07 bits per heavy atom. The summed E-state index contributed by atoms with van der Waals surface area (Å²) < 4.78 is 23.9. The summed E-state index contributed by atoms with van der Waals surface area (Å²) in [6, 6.07) is 10.7. The molecule has 0 spiro atoms. The number of aryl methyl sites for hydroxylation is 1. The molecule has 0 aliphatic carbocycles. The van der Waals surface area contributed by atoms with Gasteiger partial charge in [0.25, 0.3) is 5.56 Å². The first-order valence-corrected chi connectivity index (χ1v) is 12.4. The zero-order valence-electron chi connectivity index (χ0n) is 16.3. The third-order valence-corrected chi connectivity index (χ3v) is 7.39. The van der Waals surface area contributed by atoms with Gasteiger partial charge in [-0.05, 0) is 18.4 Å². The van der Waals surface area contributed by atoms with Crippen LogP contribution < -0.4 is 5.56 Å². The van der Waals surface area contributed by atoms with E-state index in [1.165, 1.54) is 17.8 Å². The minimum Gasteiger partial charge on any atom is -0.334 e. The lowest BCUT2D eigenvalue weighted by Gasteiger charge is -2.28. The minimum atomic E-state index is -3.11. The fourth-order valence-electron chi connectivity index (χ4n) is 3.37. The highest BCUT2D eigenvalue weighted by Crippen LogP contribution is 2.22. The second-order valence-electron chi connectivity index (χ2n) is 7.14. The van der Waals surface area contributed by atoms with Gasteiger partial charge in [-0.2, -0.15) is 0 Å². The van der Waals surface area contributed by atoms with Crippen molar-refractivity contribution in [2.75, 3.05) is 17.3 Å². The van der Waals surface area contributed by atoms with Gasteiger partial charge in [-0.15, -0.1) is 0 Å². The number of H-pyrrole nitrogens is 1. The summed E-state index contributed by atoms with van der Waals surface area (Å²) in [5.41, 5.74) is 1.42. The zero-order valence-corrected chi connectivity index (χ0v) is 18.0. The van der Waals surface area contributed by atoms with E-state index in [0.717, 1.165) is 12.0 Å². The molecule has 1 N–H and O–H groups in total. The van der Waals surface area contributed by atoms with Crippen molar-refractivity contribution in [3.05, 3.63) is 58.0 Å². The molecule has 0 bridgehead atoms. The van der Waals surface area contributed by atoms with E-state index in [9.17, 15) is 18.0 Å². The van der Waals surface area contributed by atoms with Crippen LogP contribution in [-0.4, -0.2) is 52.5 Å². The molecule has 1 aromatic carbocycles. The SMILES string of the molecule is CCCc1cc(=O)[nH]c(SCC(=O)N(Cc2ccccc2)[C@H]2CCS(=O)(=O)C2)n1. The third-order valence-electron chi connectivity index (χ3n) is 4.78. The molecule has 156 valence electrons. The lowest BCUT2D eigenvalue weighted by molar-refractivity contribution is -0.130. The van der Waals surface area contributed by atoms with Crippen LogP contribution in [0.3, 0.4) is 0 Å².